The summed E-state index contributed by atoms with van der Waals surface area (Å²) in [6.45, 7) is 3.90. The van der Waals surface area contributed by atoms with Crippen molar-refractivity contribution in [1.29, 1.82) is 0 Å². The maximum atomic E-state index is 13.6. The van der Waals surface area contributed by atoms with E-state index in [2.05, 4.69) is 9.97 Å². The van der Waals surface area contributed by atoms with E-state index in [1.54, 1.807) is 0 Å². The zero-order chi connectivity index (χ0) is 11.7. The van der Waals surface area contributed by atoms with Crippen LogP contribution in [0.4, 0.5) is 4.39 Å². The molecule has 0 bridgehead atoms. The number of rotatable bonds is 1. The second-order valence-electron chi connectivity index (χ2n) is 3.73. The number of hydrogen-bond donors (Lipinski definition) is 1. The van der Waals surface area contributed by atoms with Gasteiger partial charge in [0.25, 0.3) is 0 Å². The highest BCUT2D eigenvalue weighted by molar-refractivity contribution is 7.71. The second-order valence-corrected chi connectivity index (χ2v) is 4.12. The lowest BCUT2D eigenvalue weighted by molar-refractivity contribution is 0.617. The number of nitrogens with zero attached hydrogens (tertiary/aromatic N) is 1. The molecule has 0 radical (unpaired) electrons. The van der Waals surface area contributed by atoms with Crippen molar-refractivity contribution in [3.05, 3.63) is 46.1 Å². The predicted molar refractivity (Wildman–Crippen MR) is 64.3 cm³/mol. The third-order valence-corrected chi connectivity index (χ3v) is 2.64. The Kier molecular flexibility index (Phi) is 2.83. The van der Waals surface area contributed by atoms with Gasteiger partial charge in [-0.1, -0.05) is 17.7 Å². The molecular formula is C12H11FN2S. The lowest BCUT2D eigenvalue weighted by Gasteiger charge is -2.07. The van der Waals surface area contributed by atoms with Crippen LogP contribution in [0.15, 0.2) is 24.4 Å². The molecule has 0 saturated carbocycles. The van der Waals surface area contributed by atoms with Gasteiger partial charge in [-0.25, -0.2) is 9.37 Å². The molecule has 16 heavy (non-hydrogen) atoms. The molecule has 0 spiro atoms. The largest absolute Gasteiger partial charge is 0.328 e. The van der Waals surface area contributed by atoms with Crippen molar-refractivity contribution in [3.63, 3.8) is 0 Å². The van der Waals surface area contributed by atoms with E-state index in [1.165, 1.54) is 0 Å². The van der Waals surface area contributed by atoms with Gasteiger partial charge < -0.3 is 4.98 Å². The summed E-state index contributed by atoms with van der Waals surface area (Å²) in [6, 6.07) is 5.88. The number of H-pyrrole nitrogens is 1. The first-order valence-corrected chi connectivity index (χ1v) is 5.31. The lowest BCUT2D eigenvalue weighted by Crippen LogP contribution is -1.94. The Morgan fingerprint density at radius 3 is 2.81 bits per heavy atom. The topological polar surface area (TPSA) is 28.7 Å². The Labute approximate surface area is 98.2 Å². The van der Waals surface area contributed by atoms with E-state index < -0.39 is 0 Å². The van der Waals surface area contributed by atoms with Crippen molar-refractivity contribution in [3.8, 4) is 11.3 Å². The highest BCUT2D eigenvalue weighted by Crippen LogP contribution is 2.24. The van der Waals surface area contributed by atoms with Crippen molar-refractivity contribution in [1.82, 2.24) is 9.97 Å². The van der Waals surface area contributed by atoms with Crippen LogP contribution < -0.4 is 0 Å². The van der Waals surface area contributed by atoms with Gasteiger partial charge in [0.15, 0.2) is 10.6 Å². The van der Waals surface area contributed by atoms with E-state index in [4.69, 9.17) is 12.2 Å². The predicted octanol–water partition coefficient (Wildman–Crippen LogP) is 3.56. The Morgan fingerprint density at radius 1 is 1.31 bits per heavy atom. The quantitative estimate of drug-likeness (QED) is 0.764. The van der Waals surface area contributed by atoms with Crippen LogP contribution in [0.25, 0.3) is 11.3 Å². The fourth-order valence-corrected chi connectivity index (χ4v) is 1.73. The van der Waals surface area contributed by atoms with Crippen LogP contribution in [0.3, 0.4) is 0 Å². The molecule has 82 valence electrons. The number of aromatic amines is 1. The number of aryl methyl sites for hydroxylation is 2. The minimum atomic E-state index is -0.387. The monoisotopic (exact) mass is 234 g/mol. The second kappa shape index (κ2) is 4.14. The minimum Gasteiger partial charge on any atom is -0.328 e. The molecule has 2 rings (SSSR count). The zero-order valence-electron chi connectivity index (χ0n) is 9.04. The van der Waals surface area contributed by atoms with Gasteiger partial charge in [0.2, 0.25) is 0 Å². The normalized spacial score (nSPS) is 10.4. The van der Waals surface area contributed by atoms with Crippen LogP contribution in [0.1, 0.15) is 11.1 Å². The summed E-state index contributed by atoms with van der Waals surface area (Å²) in [5.41, 5.74) is 3.31. The molecule has 0 atom stereocenters. The Hall–Kier alpha value is -1.55. The van der Waals surface area contributed by atoms with Crippen molar-refractivity contribution >= 4 is 12.2 Å². The fourth-order valence-electron chi connectivity index (χ4n) is 1.58. The fraction of sp³-hybridized carbons (Fsp3) is 0.167. The maximum Gasteiger partial charge on any atom is 0.197 e. The van der Waals surface area contributed by atoms with E-state index >= 15 is 0 Å². The molecule has 1 aromatic carbocycles. The molecule has 2 aromatic rings. The van der Waals surface area contributed by atoms with Gasteiger partial charge in [0.1, 0.15) is 0 Å². The van der Waals surface area contributed by atoms with Gasteiger partial charge in [-0.2, -0.15) is 0 Å². The highest BCUT2D eigenvalue weighted by Gasteiger charge is 2.08. The summed E-state index contributed by atoms with van der Waals surface area (Å²) in [7, 11) is 0. The standard InChI is InChI=1S/C12H11FN2S/c1-7-3-4-8(2)9(5-7)11-10(13)6-14-12(16)15-11/h3-6H,1-2H3,(H,14,15,16). The first kappa shape index (κ1) is 11.0. The van der Waals surface area contributed by atoms with Crippen molar-refractivity contribution in [2.24, 2.45) is 0 Å². The number of hydrogen-bond acceptors (Lipinski definition) is 2. The summed E-state index contributed by atoms with van der Waals surface area (Å²) in [6.07, 6.45) is 1.15. The van der Waals surface area contributed by atoms with Gasteiger partial charge in [-0.15, -0.1) is 0 Å². The van der Waals surface area contributed by atoms with Crippen LogP contribution in [0.2, 0.25) is 0 Å². The Morgan fingerprint density at radius 2 is 2.06 bits per heavy atom. The summed E-state index contributed by atoms with van der Waals surface area (Å²) in [4.78, 5) is 6.49. The Bertz CT molecular complexity index is 590. The van der Waals surface area contributed by atoms with Crippen LogP contribution in [-0.4, -0.2) is 9.97 Å². The smallest absolute Gasteiger partial charge is 0.197 e. The molecule has 0 amide bonds. The lowest BCUT2D eigenvalue weighted by atomic mass is 10.0. The van der Waals surface area contributed by atoms with Gasteiger partial charge in [0.05, 0.1) is 11.9 Å². The molecule has 1 N–H and O–H groups in total. The molecule has 2 nitrogen and oxygen atoms in total. The van der Waals surface area contributed by atoms with E-state index in [1.807, 2.05) is 32.0 Å². The molecule has 0 aliphatic carbocycles. The molecule has 0 aliphatic heterocycles. The van der Waals surface area contributed by atoms with Gasteiger partial charge in [-0.3, -0.25) is 0 Å². The Balaban J connectivity index is 2.71. The van der Waals surface area contributed by atoms with Crippen LogP contribution in [0.5, 0.6) is 0 Å². The summed E-state index contributed by atoms with van der Waals surface area (Å²) >= 11 is 4.90. The van der Waals surface area contributed by atoms with Crippen LogP contribution in [-0.2, 0) is 0 Å². The molecule has 0 unspecified atom stereocenters. The average molecular weight is 234 g/mol. The number of nitrogens with one attached hydrogen (secondary N) is 1. The molecule has 0 fully saturated rings. The molecule has 0 saturated heterocycles. The highest BCUT2D eigenvalue weighted by atomic mass is 32.1. The first-order chi connectivity index (χ1) is 7.58. The number of benzene rings is 1. The van der Waals surface area contributed by atoms with E-state index in [0.717, 1.165) is 22.9 Å². The van der Waals surface area contributed by atoms with Gasteiger partial charge in [0, 0.05) is 5.56 Å². The minimum absolute atomic E-state index is 0.289. The average Bonchev–Trinajstić information content (AvgIpc) is 2.25. The van der Waals surface area contributed by atoms with Crippen LogP contribution >= 0.6 is 12.2 Å². The molecule has 4 heteroatoms. The van der Waals surface area contributed by atoms with Crippen molar-refractivity contribution in [2.45, 2.75) is 13.8 Å². The van der Waals surface area contributed by atoms with E-state index in [-0.39, 0.29) is 10.6 Å². The van der Waals surface area contributed by atoms with Crippen LogP contribution in [0, 0.1) is 24.4 Å². The van der Waals surface area contributed by atoms with E-state index in [0.29, 0.717) is 5.69 Å². The van der Waals surface area contributed by atoms with Gasteiger partial charge in [-0.05, 0) is 37.7 Å². The maximum absolute atomic E-state index is 13.6. The molecule has 1 heterocycles. The van der Waals surface area contributed by atoms with Crippen molar-refractivity contribution < 1.29 is 4.39 Å². The number of halogens is 1. The first-order valence-electron chi connectivity index (χ1n) is 4.90. The van der Waals surface area contributed by atoms with Gasteiger partial charge >= 0.3 is 0 Å². The molecule has 1 aromatic heterocycles. The molecular weight excluding hydrogens is 223 g/mol. The van der Waals surface area contributed by atoms with Crippen molar-refractivity contribution in [2.75, 3.05) is 0 Å². The summed E-state index contributed by atoms with van der Waals surface area (Å²) < 4.78 is 13.9. The third-order valence-electron chi connectivity index (χ3n) is 2.43. The third kappa shape index (κ3) is 2.02. The SMILES string of the molecule is Cc1ccc(C)c(-c2[nH]c(=S)ncc2F)c1. The molecule has 0 aliphatic rings. The summed E-state index contributed by atoms with van der Waals surface area (Å²) in [5.74, 6) is -0.387. The number of aromatic nitrogens is 2. The summed E-state index contributed by atoms with van der Waals surface area (Å²) in [5, 5.41) is 0. The van der Waals surface area contributed by atoms with E-state index in [9.17, 15) is 4.39 Å². The zero-order valence-corrected chi connectivity index (χ0v) is 9.86.